The minimum absolute atomic E-state index is 0.0168. The summed E-state index contributed by atoms with van der Waals surface area (Å²) < 4.78 is 10.9. The number of rotatable bonds is 6. The van der Waals surface area contributed by atoms with E-state index in [1.807, 2.05) is 0 Å². The number of piperidine rings is 3. The summed E-state index contributed by atoms with van der Waals surface area (Å²) in [5.74, 6) is -0.383. The Labute approximate surface area is 180 Å². The van der Waals surface area contributed by atoms with Crippen molar-refractivity contribution in [3.05, 3.63) is 51.6 Å². The zero-order valence-electron chi connectivity index (χ0n) is 17.8. The first kappa shape index (κ1) is 21.2. The number of hydrogen-bond donors (Lipinski definition) is 3. The molecule has 166 valence electrons. The number of fused-ring (bicyclic) bond motifs is 3. The number of aryl methyl sites for hydroxylation is 1. The molecular weight excluding hydrogens is 400 g/mol. The molecule has 3 aliphatic rings. The number of benzene rings is 1. The summed E-state index contributed by atoms with van der Waals surface area (Å²) in [5.41, 5.74) is 0.0232. The summed E-state index contributed by atoms with van der Waals surface area (Å²) in [6.07, 6.45) is 2.14. The highest BCUT2D eigenvalue weighted by Gasteiger charge is 2.35. The lowest BCUT2D eigenvalue weighted by Crippen LogP contribution is -2.57. The Kier molecular flexibility index (Phi) is 5.91. The minimum atomic E-state index is -0.719. The zero-order valence-corrected chi connectivity index (χ0v) is 17.8. The highest BCUT2D eigenvalue weighted by molar-refractivity contribution is 5.78. The van der Waals surface area contributed by atoms with Gasteiger partial charge in [0.2, 0.25) is 17.1 Å². The highest BCUT2D eigenvalue weighted by atomic mass is 16.5. The van der Waals surface area contributed by atoms with E-state index in [1.54, 1.807) is 19.1 Å². The number of phenolic OH excluding ortho intramolecular Hbond substituents is 1. The van der Waals surface area contributed by atoms with Crippen LogP contribution in [0.3, 0.4) is 0 Å². The Morgan fingerprint density at radius 1 is 1.29 bits per heavy atom. The average molecular weight is 428 g/mol. The standard InChI is InChI=1S/C23H28N2O6/c1-13-9-19(27)22(29)23(31-13)16(15-3-4-18(26)20(10-15)30-2)11-21(28)24-17-12-25-7-5-14(17)6-8-25/h3-4,9-10,14,16-17,26,29H,5-8,11-12H2,1-2H3,(H,24,28)/t16-,17-/m1/s1. The third-order valence-corrected chi connectivity index (χ3v) is 6.39. The molecule has 3 N–H and O–H groups in total. The summed E-state index contributed by atoms with van der Waals surface area (Å²) in [7, 11) is 1.43. The zero-order chi connectivity index (χ0) is 22.1. The van der Waals surface area contributed by atoms with E-state index >= 15 is 0 Å². The van der Waals surface area contributed by atoms with Gasteiger partial charge in [-0.1, -0.05) is 6.07 Å². The molecule has 0 unspecified atom stereocenters. The molecule has 1 aromatic carbocycles. The molecule has 1 amide bonds. The van der Waals surface area contributed by atoms with Gasteiger partial charge in [0.25, 0.3) is 0 Å². The van der Waals surface area contributed by atoms with Crippen LogP contribution < -0.4 is 15.5 Å². The van der Waals surface area contributed by atoms with E-state index in [2.05, 4.69) is 10.2 Å². The summed E-state index contributed by atoms with van der Waals surface area (Å²) in [6, 6.07) is 5.98. The third-order valence-electron chi connectivity index (χ3n) is 6.39. The number of ether oxygens (including phenoxy) is 1. The fraction of sp³-hybridized carbons (Fsp3) is 0.478. The van der Waals surface area contributed by atoms with Gasteiger partial charge < -0.3 is 29.6 Å². The van der Waals surface area contributed by atoms with Crippen molar-refractivity contribution in [2.75, 3.05) is 26.7 Å². The topological polar surface area (TPSA) is 112 Å². The lowest BCUT2D eigenvalue weighted by atomic mass is 9.83. The SMILES string of the molecule is COc1cc([C@@H](CC(=O)N[C@@H]2CN3CCC2CC3)c2oc(C)cc(=O)c2O)ccc1O. The van der Waals surface area contributed by atoms with Crippen LogP contribution in [0, 0.1) is 12.8 Å². The molecule has 2 bridgehead atoms. The van der Waals surface area contributed by atoms with Crippen molar-refractivity contribution in [2.45, 2.75) is 38.1 Å². The van der Waals surface area contributed by atoms with Crippen molar-refractivity contribution in [3.8, 4) is 17.2 Å². The van der Waals surface area contributed by atoms with Crippen LogP contribution in [-0.4, -0.2) is 53.8 Å². The highest BCUT2D eigenvalue weighted by Crippen LogP contribution is 2.37. The van der Waals surface area contributed by atoms with Crippen LogP contribution in [-0.2, 0) is 4.79 Å². The van der Waals surface area contributed by atoms with Gasteiger partial charge in [-0.05, 0) is 56.5 Å². The number of nitrogens with zero attached hydrogens (tertiary/aromatic N) is 1. The van der Waals surface area contributed by atoms with Crippen molar-refractivity contribution >= 4 is 5.91 Å². The van der Waals surface area contributed by atoms with Crippen LogP contribution in [0.1, 0.15) is 42.3 Å². The van der Waals surface area contributed by atoms with E-state index in [4.69, 9.17) is 9.15 Å². The van der Waals surface area contributed by atoms with E-state index in [1.165, 1.54) is 19.2 Å². The number of carbonyl (C=O) groups is 1. The summed E-state index contributed by atoms with van der Waals surface area (Å²) >= 11 is 0. The maximum atomic E-state index is 13.0. The Balaban J connectivity index is 1.64. The van der Waals surface area contributed by atoms with E-state index in [0.29, 0.717) is 17.2 Å². The molecule has 3 saturated heterocycles. The van der Waals surface area contributed by atoms with E-state index in [9.17, 15) is 19.8 Å². The Morgan fingerprint density at radius 2 is 2.03 bits per heavy atom. The maximum absolute atomic E-state index is 13.0. The largest absolute Gasteiger partial charge is 0.504 e. The molecule has 3 aliphatic heterocycles. The second kappa shape index (κ2) is 8.63. The van der Waals surface area contributed by atoms with Crippen LogP contribution in [0.15, 0.2) is 33.5 Å². The van der Waals surface area contributed by atoms with Gasteiger partial charge in [-0.25, -0.2) is 0 Å². The maximum Gasteiger partial charge on any atom is 0.227 e. The normalized spacial score (nSPS) is 23.4. The number of carbonyl (C=O) groups excluding carboxylic acids is 1. The smallest absolute Gasteiger partial charge is 0.227 e. The first-order chi connectivity index (χ1) is 14.9. The van der Waals surface area contributed by atoms with E-state index < -0.39 is 17.1 Å². The molecule has 1 aromatic heterocycles. The van der Waals surface area contributed by atoms with Gasteiger partial charge >= 0.3 is 0 Å². The fourth-order valence-electron chi connectivity index (χ4n) is 4.71. The van der Waals surface area contributed by atoms with Gasteiger partial charge in [-0.2, -0.15) is 0 Å². The Morgan fingerprint density at radius 3 is 2.68 bits per heavy atom. The molecule has 2 atom stereocenters. The first-order valence-corrected chi connectivity index (χ1v) is 10.6. The third kappa shape index (κ3) is 4.39. The van der Waals surface area contributed by atoms with Crippen molar-refractivity contribution in [3.63, 3.8) is 0 Å². The van der Waals surface area contributed by atoms with Gasteiger partial charge in [0, 0.05) is 25.1 Å². The molecule has 31 heavy (non-hydrogen) atoms. The van der Waals surface area contributed by atoms with Gasteiger partial charge in [-0.15, -0.1) is 0 Å². The van der Waals surface area contributed by atoms with Crippen LogP contribution >= 0.6 is 0 Å². The second-order valence-corrected chi connectivity index (χ2v) is 8.43. The van der Waals surface area contributed by atoms with Crippen LogP contribution in [0.25, 0.3) is 0 Å². The number of hydrogen-bond acceptors (Lipinski definition) is 7. The van der Waals surface area contributed by atoms with Crippen LogP contribution in [0.5, 0.6) is 17.2 Å². The molecule has 0 spiro atoms. The Hall–Kier alpha value is -3.00. The predicted molar refractivity (Wildman–Crippen MR) is 114 cm³/mol. The first-order valence-electron chi connectivity index (χ1n) is 10.6. The van der Waals surface area contributed by atoms with Crippen LogP contribution in [0.4, 0.5) is 0 Å². The summed E-state index contributed by atoms with van der Waals surface area (Å²) in [4.78, 5) is 27.6. The number of amides is 1. The monoisotopic (exact) mass is 428 g/mol. The quantitative estimate of drug-likeness (QED) is 0.646. The summed E-state index contributed by atoms with van der Waals surface area (Å²) in [6.45, 7) is 4.62. The summed E-state index contributed by atoms with van der Waals surface area (Å²) in [5, 5.41) is 23.5. The number of methoxy groups -OCH3 is 1. The lowest BCUT2D eigenvalue weighted by Gasteiger charge is -2.45. The minimum Gasteiger partial charge on any atom is -0.504 e. The fourth-order valence-corrected chi connectivity index (χ4v) is 4.71. The number of phenols is 1. The predicted octanol–water partition coefficient (Wildman–Crippen LogP) is 2.10. The molecule has 0 saturated carbocycles. The van der Waals surface area contributed by atoms with Gasteiger partial charge in [0.15, 0.2) is 17.3 Å². The molecule has 3 fully saturated rings. The van der Waals surface area contributed by atoms with Crippen molar-refractivity contribution in [1.29, 1.82) is 0 Å². The van der Waals surface area contributed by atoms with Crippen molar-refractivity contribution < 1.29 is 24.2 Å². The Bertz CT molecular complexity index is 1030. The molecule has 4 heterocycles. The van der Waals surface area contributed by atoms with Crippen molar-refractivity contribution in [1.82, 2.24) is 10.2 Å². The molecule has 8 nitrogen and oxygen atoms in total. The number of nitrogens with one attached hydrogen (secondary N) is 1. The second-order valence-electron chi connectivity index (χ2n) is 8.43. The molecule has 5 rings (SSSR count). The number of aromatic hydroxyl groups is 2. The van der Waals surface area contributed by atoms with E-state index in [-0.39, 0.29) is 35.6 Å². The molecule has 8 heteroatoms. The molecule has 0 radical (unpaired) electrons. The van der Waals surface area contributed by atoms with Gasteiger partial charge in [0.05, 0.1) is 13.0 Å². The molecule has 2 aromatic rings. The van der Waals surface area contributed by atoms with Gasteiger partial charge in [-0.3, -0.25) is 9.59 Å². The van der Waals surface area contributed by atoms with Crippen LogP contribution in [0.2, 0.25) is 0 Å². The molecule has 0 aliphatic carbocycles. The molecular formula is C23H28N2O6. The average Bonchev–Trinajstić information content (AvgIpc) is 2.76. The van der Waals surface area contributed by atoms with Gasteiger partial charge in [0.1, 0.15) is 5.76 Å². The van der Waals surface area contributed by atoms with Crippen molar-refractivity contribution in [2.24, 2.45) is 5.92 Å². The lowest BCUT2D eigenvalue weighted by molar-refractivity contribution is -0.123. The van der Waals surface area contributed by atoms with E-state index in [0.717, 1.165) is 32.5 Å².